The van der Waals surface area contributed by atoms with Crippen LogP contribution in [0.25, 0.3) is 5.57 Å². The van der Waals surface area contributed by atoms with Crippen molar-refractivity contribution in [1.29, 1.82) is 0 Å². The largest absolute Gasteiger partial charge is 0.487 e. The van der Waals surface area contributed by atoms with Gasteiger partial charge in [-0.1, -0.05) is 25.1 Å². The van der Waals surface area contributed by atoms with Gasteiger partial charge in [0.2, 0.25) is 10.0 Å². The topological polar surface area (TPSA) is 83.0 Å². The van der Waals surface area contributed by atoms with Gasteiger partial charge in [-0.3, -0.25) is 9.88 Å². The van der Waals surface area contributed by atoms with E-state index in [1.807, 2.05) is 44.4 Å². The number of ether oxygens (including phenoxy) is 1. The molecule has 4 rings (SSSR count). The molecule has 0 radical (unpaired) electrons. The summed E-state index contributed by atoms with van der Waals surface area (Å²) in [5.74, 6) is 0.316. The van der Waals surface area contributed by atoms with E-state index in [2.05, 4.69) is 16.0 Å². The summed E-state index contributed by atoms with van der Waals surface area (Å²) in [7, 11) is -1.79. The fourth-order valence-electron chi connectivity index (χ4n) is 4.92. The molecule has 1 N–H and O–H groups in total. The highest BCUT2D eigenvalue weighted by molar-refractivity contribution is 7.89. The average Bonchev–Trinajstić information content (AvgIpc) is 2.86. The van der Waals surface area contributed by atoms with Gasteiger partial charge in [0, 0.05) is 44.0 Å². The van der Waals surface area contributed by atoms with Gasteiger partial charge < -0.3 is 9.84 Å². The molecule has 0 saturated heterocycles. The fraction of sp³-hybridized carbons (Fsp3) is 0.519. The molecule has 0 bridgehead atoms. The van der Waals surface area contributed by atoms with Crippen LogP contribution in [0.5, 0.6) is 5.75 Å². The maximum Gasteiger partial charge on any atom is 0.247 e. The van der Waals surface area contributed by atoms with Gasteiger partial charge in [0.25, 0.3) is 0 Å². The predicted octanol–water partition coefficient (Wildman–Crippen LogP) is 3.94. The Hall–Kier alpha value is -2.26. The summed E-state index contributed by atoms with van der Waals surface area (Å²) in [5, 5.41) is 9.85. The van der Waals surface area contributed by atoms with Gasteiger partial charge in [-0.05, 0) is 74.6 Å². The van der Waals surface area contributed by atoms with Crippen LogP contribution in [-0.4, -0.2) is 66.6 Å². The number of nitrogens with zero attached hydrogens (tertiary/aromatic N) is 3. The Labute approximate surface area is 209 Å². The van der Waals surface area contributed by atoms with Crippen LogP contribution in [0, 0.1) is 5.92 Å². The Morgan fingerprint density at radius 1 is 1.29 bits per heavy atom. The van der Waals surface area contributed by atoms with Crippen molar-refractivity contribution in [2.75, 3.05) is 26.7 Å². The van der Waals surface area contributed by atoms with E-state index in [0.29, 0.717) is 12.3 Å². The number of pyridine rings is 1. The maximum atomic E-state index is 13.7. The number of hydrogen-bond donors (Lipinski definition) is 1. The van der Waals surface area contributed by atoms with Crippen LogP contribution < -0.4 is 4.74 Å². The lowest BCUT2D eigenvalue weighted by Crippen LogP contribution is -2.49. The maximum absolute atomic E-state index is 13.7. The zero-order chi connectivity index (χ0) is 25.0. The fourth-order valence-corrected chi connectivity index (χ4v) is 6.74. The number of aliphatic hydroxyl groups excluding tert-OH is 1. The molecule has 1 aromatic carbocycles. The molecule has 1 unspecified atom stereocenters. The van der Waals surface area contributed by atoms with Crippen molar-refractivity contribution in [3.8, 4) is 5.75 Å². The average molecular weight is 500 g/mol. The molecule has 1 aromatic heterocycles. The number of hydrogen-bond acceptors (Lipinski definition) is 6. The molecule has 35 heavy (non-hydrogen) atoms. The number of likely N-dealkylation sites (N-methyl/N-ethyl adjacent to an activating group) is 1. The first-order valence-corrected chi connectivity index (χ1v) is 13.9. The van der Waals surface area contributed by atoms with Crippen molar-refractivity contribution in [3.63, 3.8) is 0 Å². The summed E-state index contributed by atoms with van der Waals surface area (Å²) in [6.45, 7) is 5.16. The number of aliphatic hydroxyl groups is 1. The molecule has 1 aliphatic heterocycles. The van der Waals surface area contributed by atoms with Gasteiger partial charge in [-0.15, -0.1) is 0 Å². The smallest absolute Gasteiger partial charge is 0.247 e. The molecule has 0 saturated carbocycles. The first kappa shape index (κ1) is 25.8. The normalized spacial score (nSPS) is 23.5. The molecule has 190 valence electrons. The monoisotopic (exact) mass is 499 g/mol. The standard InChI is InChI=1S/C27H37N3O4S/c1-20-16-30(21(2)19-31)35(32,33)27-12-11-24(23-9-5-4-6-10-23)14-25(27)34-26(20)18-29(3)17-22-8-7-13-28-15-22/h7-9,11-15,20-21,26,31H,4-6,10,16-19H2,1-3H3/t20-,21?,26-/m1/s1. The lowest BCUT2D eigenvalue weighted by molar-refractivity contribution is 0.0733. The summed E-state index contributed by atoms with van der Waals surface area (Å²) in [6.07, 6.45) is 10.0. The quantitative estimate of drug-likeness (QED) is 0.621. The number of aromatic nitrogens is 1. The highest BCUT2D eigenvalue weighted by Gasteiger charge is 2.38. The first-order valence-electron chi connectivity index (χ1n) is 12.5. The Balaban J connectivity index is 1.69. The Morgan fingerprint density at radius 3 is 2.80 bits per heavy atom. The minimum absolute atomic E-state index is 0.0826. The summed E-state index contributed by atoms with van der Waals surface area (Å²) >= 11 is 0. The molecule has 1 aliphatic carbocycles. The molecule has 3 atom stereocenters. The van der Waals surface area contributed by atoms with E-state index >= 15 is 0 Å². The Morgan fingerprint density at radius 2 is 2.11 bits per heavy atom. The van der Waals surface area contributed by atoms with E-state index in [-0.39, 0.29) is 30.1 Å². The van der Waals surface area contributed by atoms with Gasteiger partial charge in [0.1, 0.15) is 16.7 Å². The highest BCUT2D eigenvalue weighted by atomic mass is 32.2. The van der Waals surface area contributed by atoms with Crippen LogP contribution >= 0.6 is 0 Å². The van der Waals surface area contributed by atoms with Crippen molar-refractivity contribution in [3.05, 3.63) is 59.9 Å². The third-order valence-electron chi connectivity index (χ3n) is 7.00. The molecule has 0 amide bonds. The molecular formula is C27H37N3O4S. The Kier molecular flexibility index (Phi) is 8.27. The third-order valence-corrected chi connectivity index (χ3v) is 9.02. The van der Waals surface area contributed by atoms with E-state index in [4.69, 9.17) is 4.74 Å². The summed E-state index contributed by atoms with van der Waals surface area (Å²) in [5.41, 5.74) is 3.38. The van der Waals surface area contributed by atoms with E-state index in [1.165, 1.54) is 16.3 Å². The SMILES string of the molecule is CC(CO)N1C[C@@H](C)[C@@H](CN(C)Cc2cccnc2)Oc2cc(C3=CCCCC3)ccc2S1(=O)=O. The molecule has 2 heterocycles. The number of rotatable bonds is 7. The van der Waals surface area contributed by atoms with Crippen LogP contribution in [0.15, 0.2) is 53.7 Å². The molecule has 7 nitrogen and oxygen atoms in total. The molecule has 0 spiro atoms. The van der Waals surface area contributed by atoms with E-state index in [1.54, 1.807) is 19.2 Å². The number of allylic oxidation sites excluding steroid dienone is 2. The third kappa shape index (κ3) is 5.94. The van der Waals surface area contributed by atoms with Crippen molar-refractivity contribution in [2.24, 2.45) is 5.92 Å². The lowest BCUT2D eigenvalue weighted by atomic mass is 9.93. The van der Waals surface area contributed by atoms with Crippen molar-refractivity contribution < 1.29 is 18.3 Å². The van der Waals surface area contributed by atoms with Gasteiger partial charge >= 0.3 is 0 Å². The zero-order valence-electron chi connectivity index (χ0n) is 20.9. The van der Waals surface area contributed by atoms with Gasteiger partial charge in [-0.25, -0.2) is 8.42 Å². The molecular weight excluding hydrogens is 462 g/mol. The molecule has 8 heteroatoms. The van der Waals surface area contributed by atoms with E-state index in [0.717, 1.165) is 36.9 Å². The van der Waals surface area contributed by atoms with Crippen LogP contribution in [0.2, 0.25) is 0 Å². The molecule has 0 fully saturated rings. The zero-order valence-corrected chi connectivity index (χ0v) is 21.7. The lowest BCUT2D eigenvalue weighted by Gasteiger charge is -2.37. The second-order valence-corrected chi connectivity index (χ2v) is 11.8. The minimum atomic E-state index is -3.83. The second kappa shape index (κ2) is 11.2. The van der Waals surface area contributed by atoms with E-state index in [9.17, 15) is 13.5 Å². The van der Waals surface area contributed by atoms with Crippen LogP contribution in [0.1, 0.15) is 50.7 Å². The summed E-state index contributed by atoms with van der Waals surface area (Å²) in [6, 6.07) is 8.92. The van der Waals surface area contributed by atoms with Gasteiger partial charge in [-0.2, -0.15) is 4.31 Å². The van der Waals surface area contributed by atoms with Crippen LogP contribution in [0.4, 0.5) is 0 Å². The van der Waals surface area contributed by atoms with Gasteiger partial charge in [0.15, 0.2) is 0 Å². The Bertz CT molecular complexity index is 1140. The number of benzene rings is 1. The van der Waals surface area contributed by atoms with Gasteiger partial charge in [0.05, 0.1) is 6.61 Å². The molecule has 2 aromatic rings. The first-order chi connectivity index (χ1) is 16.8. The van der Waals surface area contributed by atoms with Crippen molar-refractivity contribution >= 4 is 15.6 Å². The highest BCUT2D eigenvalue weighted by Crippen LogP contribution is 2.37. The predicted molar refractivity (Wildman–Crippen MR) is 137 cm³/mol. The van der Waals surface area contributed by atoms with Crippen LogP contribution in [-0.2, 0) is 16.6 Å². The summed E-state index contributed by atoms with van der Waals surface area (Å²) < 4.78 is 35.3. The van der Waals surface area contributed by atoms with E-state index < -0.39 is 16.1 Å². The number of sulfonamides is 1. The van der Waals surface area contributed by atoms with Crippen molar-refractivity contribution in [1.82, 2.24) is 14.2 Å². The number of fused-ring (bicyclic) bond motifs is 1. The summed E-state index contributed by atoms with van der Waals surface area (Å²) in [4.78, 5) is 6.56. The van der Waals surface area contributed by atoms with Crippen molar-refractivity contribution in [2.45, 2.75) is 63.1 Å². The second-order valence-electron chi connectivity index (χ2n) is 9.93. The minimum Gasteiger partial charge on any atom is -0.487 e. The van der Waals surface area contributed by atoms with Crippen LogP contribution in [0.3, 0.4) is 0 Å². The molecule has 2 aliphatic rings.